The van der Waals surface area contributed by atoms with E-state index in [4.69, 9.17) is 16.3 Å². The number of phenolic OH excluding ortho intramolecular Hbond substituents is 1. The van der Waals surface area contributed by atoms with Crippen LogP contribution in [0.4, 0.5) is 0 Å². The molecule has 0 aromatic heterocycles. The van der Waals surface area contributed by atoms with Crippen LogP contribution in [0.25, 0.3) is 0 Å². The lowest BCUT2D eigenvalue weighted by atomic mass is 9.93. The van der Waals surface area contributed by atoms with E-state index in [0.29, 0.717) is 16.7 Å². The Morgan fingerprint density at radius 3 is 2.57 bits per heavy atom. The van der Waals surface area contributed by atoms with Crippen molar-refractivity contribution in [3.63, 3.8) is 0 Å². The number of phenols is 1. The Labute approximate surface area is 132 Å². The molecule has 0 spiro atoms. The molecule has 21 heavy (non-hydrogen) atoms. The van der Waals surface area contributed by atoms with Crippen molar-refractivity contribution in [2.75, 3.05) is 33.3 Å². The lowest BCUT2D eigenvalue weighted by Crippen LogP contribution is -2.45. The molecule has 1 fully saturated rings. The molecule has 0 unspecified atom stereocenters. The summed E-state index contributed by atoms with van der Waals surface area (Å²) in [6.45, 7) is 8.27. The maximum absolute atomic E-state index is 10.5. The molecule has 1 atom stereocenters. The quantitative estimate of drug-likeness (QED) is 0.877. The normalized spacial score (nSPS) is 18.0. The first kappa shape index (κ1) is 16.4. The molecule has 0 amide bonds. The van der Waals surface area contributed by atoms with Crippen LogP contribution in [0.2, 0.25) is 5.02 Å². The van der Waals surface area contributed by atoms with Gasteiger partial charge in [-0.3, -0.25) is 4.90 Å². The molecule has 1 saturated heterocycles. The lowest BCUT2D eigenvalue weighted by Gasteiger charge is -2.37. The monoisotopic (exact) mass is 312 g/mol. The fourth-order valence-electron chi connectivity index (χ4n) is 2.95. The van der Waals surface area contributed by atoms with Crippen LogP contribution in [0.5, 0.6) is 11.5 Å². The zero-order valence-electron chi connectivity index (χ0n) is 13.0. The molecule has 0 bridgehead atoms. The zero-order chi connectivity index (χ0) is 15.4. The highest BCUT2D eigenvalue weighted by Gasteiger charge is 2.29. The van der Waals surface area contributed by atoms with Gasteiger partial charge >= 0.3 is 0 Å². The van der Waals surface area contributed by atoms with Crippen LogP contribution in [0.1, 0.15) is 31.9 Å². The molecule has 4 nitrogen and oxygen atoms in total. The second-order valence-corrected chi connectivity index (χ2v) is 6.35. The molecule has 1 aliphatic rings. The van der Waals surface area contributed by atoms with E-state index in [1.165, 1.54) is 0 Å². The van der Waals surface area contributed by atoms with E-state index in [0.717, 1.165) is 38.2 Å². The van der Waals surface area contributed by atoms with Crippen LogP contribution in [0.15, 0.2) is 12.1 Å². The molecule has 2 N–H and O–H groups in total. The Bertz CT molecular complexity index is 474. The standard InChI is InChI=1S/C16H25ClN2O2/c1-11(2)10-13(19-8-6-18-7-9-19)15-14(21-3)5-4-12(17)16(15)20/h4-5,11,13,18,20H,6-10H2,1-3H3/t13-/m1/s1. The number of hydrogen-bond acceptors (Lipinski definition) is 4. The molecule has 1 aromatic carbocycles. The summed E-state index contributed by atoms with van der Waals surface area (Å²) in [6.07, 6.45) is 0.963. The third kappa shape index (κ3) is 3.82. The highest BCUT2D eigenvalue weighted by molar-refractivity contribution is 6.32. The summed E-state index contributed by atoms with van der Waals surface area (Å²) in [6, 6.07) is 3.65. The van der Waals surface area contributed by atoms with Gasteiger partial charge in [-0.25, -0.2) is 0 Å². The van der Waals surface area contributed by atoms with E-state index < -0.39 is 0 Å². The smallest absolute Gasteiger partial charge is 0.142 e. The number of piperazine rings is 1. The van der Waals surface area contributed by atoms with Crippen molar-refractivity contribution in [2.45, 2.75) is 26.3 Å². The SMILES string of the molecule is COc1ccc(Cl)c(O)c1[C@@H](CC(C)C)N1CCNCC1. The van der Waals surface area contributed by atoms with Crippen LogP contribution in [0, 0.1) is 5.92 Å². The van der Waals surface area contributed by atoms with E-state index in [1.807, 2.05) is 6.07 Å². The third-order valence-corrected chi connectivity index (χ3v) is 4.27. The topological polar surface area (TPSA) is 44.7 Å². The molecule has 0 aliphatic carbocycles. The fraction of sp³-hybridized carbons (Fsp3) is 0.625. The summed E-state index contributed by atoms with van der Waals surface area (Å²) >= 11 is 6.13. The van der Waals surface area contributed by atoms with Crippen LogP contribution < -0.4 is 10.1 Å². The van der Waals surface area contributed by atoms with Gasteiger partial charge in [-0.1, -0.05) is 25.4 Å². The first-order valence-electron chi connectivity index (χ1n) is 7.54. The Kier molecular flexibility index (Phi) is 5.73. The van der Waals surface area contributed by atoms with Gasteiger partial charge in [0.2, 0.25) is 0 Å². The Morgan fingerprint density at radius 1 is 1.33 bits per heavy atom. The predicted molar refractivity (Wildman–Crippen MR) is 86.3 cm³/mol. The molecule has 1 aromatic rings. The van der Waals surface area contributed by atoms with Crippen molar-refractivity contribution in [1.29, 1.82) is 0 Å². The summed E-state index contributed by atoms with van der Waals surface area (Å²) in [7, 11) is 1.64. The molecular formula is C16H25ClN2O2. The summed E-state index contributed by atoms with van der Waals surface area (Å²) in [5.41, 5.74) is 0.820. The summed E-state index contributed by atoms with van der Waals surface area (Å²) in [5.74, 6) is 1.38. The molecule has 0 radical (unpaired) electrons. The van der Waals surface area contributed by atoms with E-state index >= 15 is 0 Å². The molecule has 0 saturated carbocycles. The molecule has 118 valence electrons. The summed E-state index contributed by atoms with van der Waals surface area (Å²) in [5, 5.41) is 14.2. The molecule has 1 aliphatic heterocycles. The van der Waals surface area contributed by atoms with Gasteiger partial charge in [-0.15, -0.1) is 0 Å². The van der Waals surface area contributed by atoms with E-state index in [9.17, 15) is 5.11 Å². The van der Waals surface area contributed by atoms with Gasteiger partial charge in [0.05, 0.1) is 17.7 Å². The van der Waals surface area contributed by atoms with Crippen molar-refractivity contribution < 1.29 is 9.84 Å². The van der Waals surface area contributed by atoms with Gasteiger partial charge in [0, 0.05) is 32.2 Å². The van der Waals surface area contributed by atoms with Crippen molar-refractivity contribution in [3.05, 3.63) is 22.7 Å². The molecular weight excluding hydrogens is 288 g/mol. The second kappa shape index (κ2) is 7.34. The number of hydrogen-bond donors (Lipinski definition) is 2. The molecule has 1 heterocycles. The number of ether oxygens (including phenoxy) is 1. The van der Waals surface area contributed by atoms with Crippen molar-refractivity contribution in [1.82, 2.24) is 10.2 Å². The Balaban J connectivity index is 2.42. The minimum absolute atomic E-state index is 0.126. The van der Waals surface area contributed by atoms with E-state index in [2.05, 4.69) is 24.1 Å². The third-order valence-electron chi connectivity index (χ3n) is 3.97. The average molecular weight is 313 g/mol. The highest BCUT2D eigenvalue weighted by Crippen LogP contribution is 2.43. The van der Waals surface area contributed by atoms with Crippen molar-refractivity contribution >= 4 is 11.6 Å². The van der Waals surface area contributed by atoms with E-state index in [-0.39, 0.29) is 11.8 Å². The first-order chi connectivity index (χ1) is 10.0. The minimum Gasteiger partial charge on any atom is -0.506 e. The minimum atomic E-state index is 0.126. The maximum Gasteiger partial charge on any atom is 0.142 e. The van der Waals surface area contributed by atoms with Crippen LogP contribution >= 0.6 is 11.6 Å². The second-order valence-electron chi connectivity index (χ2n) is 5.94. The Hall–Kier alpha value is -0.970. The maximum atomic E-state index is 10.5. The van der Waals surface area contributed by atoms with Gasteiger partial charge in [-0.2, -0.15) is 0 Å². The highest BCUT2D eigenvalue weighted by atomic mass is 35.5. The van der Waals surface area contributed by atoms with Gasteiger partial charge in [0.25, 0.3) is 0 Å². The van der Waals surface area contributed by atoms with E-state index in [1.54, 1.807) is 13.2 Å². The number of aromatic hydroxyl groups is 1. The summed E-state index contributed by atoms with van der Waals surface area (Å²) in [4.78, 5) is 2.41. The fourth-order valence-corrected chi connectivity index (χ4v) is 3.12. The van der Waals surface area contributed by atoms with Crippen molar-refractivity contribution in [2.24, 2.45) is 5.92 Å². The lowest BCUT2D eigenvalue weighted by molar-refractivity contribution is 0.149. The largest absolute Gasteiger partial charge is 0.506 e. The Morgan fingerprint density at radius 2 is 2.00 bits per heavy atom. The number of benzene rings is 1. The zero-order valence-corrected chi connectivity index (χ0v) is 13.8. The average Bonchev–Trinajstić information content (AvgIpc) is 2.48. The van der Waals surface area contributed by atoms with Crippen LogP contribution in [-0.4, -0.2) is 43.3 Å². The number of nitrogens with one attached hydrogen (secondary N) is 1. The van der Waals surface area contributed by atoms with Gasteiger partial charge in [0.1, 0.15) is 11.5 Å². The summed E-state index contributed by atoms with van der Waals surface area (Å²) < 4.78 is 5.47. The number of methoxy groups -OCH3 is 1. The number of halogens is 1. The number of nitrogens with zero attached hydrogens (tertiary/aromatic N) is 1. The van der Waals surface area contributed by atoms with Gasteiger partial charge < -0.3 is 15.2 Å². The number of rotatable bonds is 5. The van der Waals surface area contributed by atoms with Crippen LogP contribution in [0.3, 0.4) is 0 Å². The molecule has 2 rings (SSSR count). The molecule has 5 heteroatoms. The first-order valence-corrected chi connectivity index (χ1v) is 7.92. The van der Waals surface area contributed by atoms with Gasteiger partial charge in [0.15, 0.2) is 0 Å². The predicted octanol–water partition coefficient (Wildman–Crippen LogP) is 3.05. The van der Waals surface area contributed by atoms with Gasteiger partial charge in [-0.05, 0) is 24.5 Å². The van der Waals surface area contributed by atoms with Crippen LogP contribution in [-0.2, 0) is 0 Å². The van der Waals surface area contributed by atoms with Crippen molar-refractivity contribution in [3.8, 4) is 11.5 Å².